The number of rotatable bonds is 9. The summed E-state index contributed by atoms with van der Waals surface area (Å²) in [4.78, 5) is 50.2. The zero-order chi connectivity index (χ0) is 43.4. The molecule has 1 aliphatic carbocycles. The standard InChI is InChI=1S/C47H52F2N10O4/c48-33-21-32(25-57(26-33)40-23-39(53-54-43(40)50)36-3-1-2-4-41(36)60)29-5-9-31(10-6-29)45(62)56-19-14-47(49,15-20-56)28-55-16-11-34(12-17-55)59-27-38(30-7-8-30)37-22-35(24-51-44(37)59)58-18-13-42(61)52-46(58)63/h1-6,9-10,22-24,27,30,32-34,60H,7-8,11-21,25-26,28H2,(H2,50,54)(H,52,61,63)/t32-,33+/m0/s1. The van der Waals surface area contributed by atoms with Gasteiger partial charge in [0.15, 0.2) is 5.82 Å². The zero-order valence-corrected chi connectivity index (χ0v) is 35.1. The molecule has 3 aromatic heterocycles. The van der Waals surface area contributed by atoms with E-state index in [-0.39, 0.29) is 61.1 Å². The van der Waals surface area contributed by atoms with Crippen molar-refractivity contribution in [1.82, 2.24) is 34.9 Å². The van der Waals surface area contributed by atoms with Crippen LogP contribution in [0.4, 0.5) is 30.8 Å². The number of anilines is 3. The van der Waals surface area contributed by atoms with Crippen LogP contribution in [0.1, 0.15) is 90.7 Å². The number of imide groups is 1. The Morgan fingerprint density at radius 1 is 0.921 bits per heavy atom. The highest BCUT2D eigenvalue weighted by molar-refractivity contribution is 6.06. The number of nitrogens with one attached hydrogen (secondary N) is 1. The Bertz CT molecular complexity index is 2550. The van der Waals surface area contributed by atoms with Crippen molar-refractivity contribution in [2.75, 3.05) is 67.9 Å². The molecule has 1 saturated carbocycles. The lowest BCUT2D eigenvalue weighted by Gasteiger charge is -2.41. The minimum atomic E-state index is -1.39. The van der Waals surface area contributed by atoms with Gasteiger partial charge in [-0.2, -0.15) is 0 Å². The number of phenolic OH excluding ortho intramolecular Hbond substituents is 1. The lowest BCUT2D eigenvalue weighted by molar-refractivity contribution is -0.120. The zero-order valence-electron chi connectivity index (χ0n) is 35.1. The number of para-hydroxylation sites is 1. The molecule has 14 nitrogen and oxygen atoms in total. The maximum atomic E-state index is 16.5. The third-order valence-corrected chi connectivity index (χ3v) is 13.8. The van der Waals surface area contributed by atoms with Gasteiger partial charge in [0.25, 0.3) is 5.91 Å². The molecule has 5 aliphatic rings. The third-order valence-electron chi connectivity index (χ3n) is 13.8. The Kier molecular flexibility index (Phi) is 10.7. The molecule has 5 aromatic rings. The van der Waals surface area contributed by atoms with Gasteiger partial charge < -0.3 is 30.1 Å². The average molecular weight is 859 g/mol. The van der Waals surface area contributed by atoms with E-state index in [4.69, 9.17) is 10.7 Å². The van der Waals surface area contributed by atoms with E-state index in [9.17, 15) is 19.5 Å². The predicted molar refractivity (Wildman–Crippen MR) is 235 cm³/mol. The van der Waals surface area contributed by atoms with E-state index in [1.165, 1.54) is 5.56 Å². The Labute approximate surface area is 364 Å². The van der Waals surface area contributed by atoms with Crippen molar-refractivity contribution in [2.24, 2.45) is 0 Å². The number of carbonyl (C=O) groups is 3. The fraction of sp³-hybridized carbons (Fsp3) is 0.447. The Hall–Kier alpha value is -6.16. The van der Waals surface area contributed by atoms with E-state index in [0.717, 1.165) is 55.4 Å². The number of piperidine rings is 3. The van der Waals surface area contributed by atoms with Crippen molar-refractivity contribution in [3.05, 3.63) is 89.7 Å². The number of pyridine rings is 1. The number of fused-ring (bicyclic) bond motifs is 1. The predicted octanol–water partition coefficient (Wildman–Crippen LogP) is 6.72. The molecule has 0 spiro atoms. The fourth-order valence-corrected chi connectivity index (χ4v) is 10.1. The number of benzene rings is 2. The van der Waals surface area contributed by atoms with E-state index in [2.05, 4.69) is 31.2 Å². The number of nitrogens with two attached hydrogens (primary N) is 1. The van der Waals surface area contributed by atoms with Crippen molar-refractivity contribution >= 4 is 46.1 Å². The number of hydrogen-bond acceptors (Lipinski definition) is 10. The summed E-state index contributed by atoms with van der Waals surface area (Å²) in [5.74, 6) is 0.160. The van der Waals surface area contributed by atoms with Gasteiger partial charge in [-0.05, 0) is 85.5 Å². The summed E-state index contributed by atoms with van der Waals surface area (Å²) in [5.41, 5.74) is 10.6. The maximum absolute atomic E-state index is 16.5. The van der Waals surface area contributed by atoms with Crippen LogP contribution >= 0.6 is 0 Å². The van der Waals surface area contributed by atoms with E-state index >= 15 is 8.78 Å². The molecule has 4 aliphatic heterocycles. The van der Waals surface area contributed by atoms with Crippen LogP contribution in [0.2, 0.25) is 0 Å². The highest BCUT2D eigenvalue weighted by atomic mass is 19.1. The van der Waals surface area contributed by atoms with Crippen LogP contribution in [0, 0.1) is 0 Å². The molecule has 5 fully saturated rings. The van der Waals surface area contributed by atoms with Gasteiger partial charge >= 0.3 is 6.03 Å². The summed E-state index contributed by atoms with van der Waals surface area (Å²) in [6.45, 7) is 3.49. The number of carbonyl (C=O) groups excluding carboxylic acids is 3. The number of hydrogen-bond donors (Lipinski definition) is 3. The van der Waals surface area contributed by atoms with Crippen LogP contribution in [0.5, 0.6) is 5.75 Å². The van der Waals surface area contributed by atoms with Crippen LogP contribution in [-0.4, -0.2) is 117 Å². The number of nitrogen functional groups attached to an aromatic ring is 1. The number of nitrogens with zero attached hydrogens (tertiary/aromatic N) is 8. The number of halogens is 2. The molecule has 4 amide bonds. The van der Waals surface area contributed by atoms with Crippen LogP contribution < -0.4 is 20.9 Å². The second-order valence-corrected chi connectivity index (χ2v) is 18.1. The van der Waals surface area contributed by atoms with Gasteiger partial charge in [-0.3, -0.25) is 19.8 Å². The molecule has 63 heavy (non-hydrogen) atoms. The quantitative estimate of drug-likeness (QED) is 0.145. The Balaban J connectivity index is 0.733. The van der Waals surface area contributed by atoms with Crippen molar-refractivity contribution in [3.8, 4) is 17.0 Å². The van der Waals surface area contributed by atoms with Gasteiger partial charge in [-0.25, -0.2) is 18.6 Å². The largest absolute Gasteiger partial charge is 0.507 e. The second kappa shape index (κ2) is 16.5. The van der Waals surface area contributed by atoms with Gasteiger partial charge in [0.1, 0.15) is 23.2 Å². The maximum Gasteiger partial charge on any atom is 0.328 e. The molecule has 328 valence electrons. The molecule has 4 N–H and O–H groups in total. The van der Waals surface area contributed by atoms with Gasteiger partial charge in [0.05, 0.1) is 23.3 Å². The van der Waals surface area contributed by atoms with Crippen LogP contribution in [0.15, 0.2) is 73.1 Å². The summed E-state index contributed by atoms with van der Waals surface area (Å²) in [5, 5.41) is 22.1. The number of aromatic hydroxyl groups is 1. The molecule has 0 bridgehead atoms. The highest BCUT2D eigenvalue weighted by Gasteiger charge is 2.39. The summed E-state index contributed by atoms with van der Waals surface area (Å²) >= 11 is 0. The van der Waals surface area contributed by atoms with Crippen molar-refractivity contribution in [1.29, 1.82) is 0 Å². The highest BCUT2D eigenvalue weighted by Crippen LogP contribution is 2.46. The topological polar surface area (TPSA) is 166 Å². The molecule has 7 heterocycles. The molecule has 4 saturated heterocycles. The minimum Gasteiger partial charge on any atom is -0.507 e. The summed E-state index contributed by atoms with van der Waals surface area (Å²) in [6.07, 6.45) is 7.96. The third kappa shape index (κ3) is 8.28. The first-order chi connectivity index (χ1) is 30.5. The fourth-order valence-electron chi connectivity index (χ4n) is 10.1. The van der Waals surface area contributed by atoms with E-state index < -0.39 is 17.9 Å². The first-order valence-corrected chi connectivity index (χ1v) is 22.2. The first-order valence-electron chi connectivity index (χ1n) is 22.2. The van der Waals surface area contributed by atoms with Gasteiger partial charge in [-0.15, -0.1) is 10.2 Å². The first kappa shape index (κ1) is 40.9. The molecular formula is C47H52F2N10O4. The smallest absolute Gasteiger partial charge is 0.328 e. The normalized spacial score (nSPS) is 22.4. The number of aromatic nitrogens is 4. The summed E-state index contributed by atoms with van der Waals surface area (Å²) in [7, 11) is 0. The van der Waals surface area contributed by atoms with Crippen LogP contribution in [0.25, 0.3) is 22.3 Å². The molecule has 0 radical (unpaired) electrons. The molecule has 2 aromatic carbocycles. The van der Waals surface area contributed by atoms with Gasteiger partial charge in [-0.1, -0.05) is 24.3 Å². The number of phenols is 1. The SMILES string of the molecule is Nc1nnc(-c2ccccc2O)cc1N1C[C@H](F)C[C@H](c2ccc(C(=O)N3CCC(F)(CN4CCC(n5cc(C6CC6)c6cc(N7CCC(=O)NC7=O)cnc65)CC4)CC3)cc2)C1. The Morgan fingerprint density at radius 3 is 2.41 bits per heavy atom. The molecule has 2 atom stereocenters. The number of likely N-dealkylation sites (tertiary alicyclic amines) is 2. The number of amides is 4. The van der Waals surface area contributed by atoms with E-state index in [1.54, 1.807) is 58.5 Å². The van der Waals surface area contributed by atoms with Crippen molar-refractivity contribution in [2.45, 2.75) is 81.1 Å². The van der Waals surface area contributed by atoms with Crippen LogP contribution in [-0.2, 0) is 4.79 Å². The second-order valence-electron chi connectivity index (χ2n) is 18.1. The molecule has 0 unspecified atom stereocenters. The average Bonchev–Trinajstić information content (AvgIpc) is 4.06. The molecule has 10 rings (SSSR count). The Morgan fingerprint density at radius 2 is 1.68 bits per heavy atom. The lowest BCUT2D eigenvalue weighted by Crippen LogP contribution is -2.51. The lowest BCUT2D eigenvalue weighted by atomic mass is 9.88. The van der Waals surface area contributed by atoms with Gasteiger partial charge in [0.2, 0.25) is 5.91 Å². The molecule has 16 heteroatoms. The van der Waals surface area contributed by atoms with Crippen molar-refractivity contribution in [3.63, 3.8) is 0 Å². The monoisotopic (exact) mass is 858 g/mol. The van der Waals surface area contributed by atoms with E-state index in [0.29, 0.717) is 73.3 Å². The summed E-state index contributed by atoms with van der Waals surface area (Å²) < 4.78 is 34.0. The number of urea groups is 1. The minimum absolute atomic E-state index is 0.0618. The van der Waals surface area contributed by atoms with Gasteiger partial charge in [0, 0.05) is 106 Å². The van der Waals surface area contributed by atoms with Crippen LogP contribution in [0.3, 0.4) is 0 Å². The molecular weight excluding hydrogens is 807 g/mol. The van der Waals surface area contributed by atoms with E-state index in [1.807, 2.05) is 23.1 Å². The summed E-state index contributed by atoms with van der Waals surface area (Å²) in [6, 6.07) is 17.8. The number of alkyl halides is 2. The van der Waals surface area contributed by atoms with Crippen molar-refractivity contribution < 1.29 is 28.3 Å².